The van der Waals surface area contributed by atoms with Crippen molar-refractivity contribution in [3.63, 3.8) is 0 Å². The first-order chi connectivity index (χ1) is 13.0. The predicted octanol–water partition coefficient (Wildman–Crippen LogP) is 1.83. The van der Waals surface area contributed by atoms with Crippen LogP contribution >= 0.6 is 0 Å². The summed E-state index contributed by atoms with van der Waals surface area (Å²) in [4.78, 5) is 42.3. The number of nitrogens with two attached hydrogens (primary N) is 1. The van der Waals surface area contributed by atoms with Crippen molar-refractivity contribution in [2.45, 2.75) is 19.4 Å². The lowest BCUT2D eigenvalue weighted by atomic mass is 9.82. The number of esters is 1. The number of urea groups is 1. The van der Waals surface area contributed by atoms with Crippen LogP contribution in [0, 0.1) is 5.92 Å². The molecule has 1 aliphatic rings. The topological polar surface area (TPSA) is 115 Å². The van der Waals surface area contributed by atoms with E-state index in [9.17, 15) is 14.4 Å². The second kappa shape index (κ2) is 7.86. The molecule has 0 bridgehead atoms. The molecule has 0 radical (unpaired) electrons. The lowest BCUT2D eigenvalue weighted by Crippen LogP contribution is -2.68. The smallest absolute Gasteiger partial charge is 0.330 e. The van der Waals surface area contributed by atoms with Gasteiger partial charge in [0, 0.05) is 11.9 Å². The number of hydrogen-bond acceptors (Lipinski definition) is 6. The number of β-lactam (4-membered cyclic amide) rings is 1. The SMILES string of the molecule is CCOC(=O)[C@@H]1[C@@H](Cc2ccnc(N)c2)C(=O)N1C(=O)Nc1ccccc1. The van der Waals surface area contributed by atoms with Crippen molar-refractivity contribution in [2.75, 3.05) is 17.7 Å². The highest BCUT2D eigenvalue weighted by Crippen LogP contribution is 2.32. The number of nitrogens with one attached hydrogen (secondary N) is 1. The van der Waals surface area contributed by atoms with Crippen LogP contribution in [0.2, 0.25) is 0 Å². The van der Waals surface area contributed by atoms with E-state index in [1.807, 2.05) is 6.07 Å². The van der Waals surface area contributed by atoms with Gasteiger partial charge in [-0.3, -0.25) is 4.79 Å². The lowest BCUT2D eigenvalue weighted by Gasteiger charge is -2.43. The average molecular weight is 368 g/mol. The van der Waals surface area contributed by atoms with E-state index in [4.69, 9.17) is 10.5 Å². The number of nitrogens with zero attached hydrogens (tertiary/aromatic N) is 2. The van der Waals surface area contributed by atoms with Crippen LogP contribution in [0.3, 0.4) is 0 Å². The molecule has 2 heterocycles. The molecule has 0 aliphatic carbocycles. The van der Waals surface area contributed by atoms with Crippen molar-refractivity contribution >= 4 is 29.4 Å². The van der Waals surface area contributed by atoms with Crippen molar-refractivity contribution in [3.8, 4) is 0 Å². The minimum atomic E-state index is -0.976. The van der Waals surface area contributed by atoms with Gasteiger partial charge in [0.1, 0.15) is 5.82 Å². The maximum Gasteiger partial charge on any atom is 0.330 e. The summed E-state index contributed by atoms with van der Waals surface area (Å²) in [6.07, 6.45) is 1.80. The molecule has 2 aromatic rings. The number of anilines is 2. The van der Waals surface area contributed by atoms with Crippen molar-refractivity contribution < 1.29 is 19.1 Å². The number of para-hydroxylation sites is 1. The van der Waals surface area contributed by atoms with Gasteiger partial charge < -0.3 is 15.8 Å². The van der Waals surface area contributed by atoms with Crippen LogP contribution in [0.5, 0.6) is 0 Å². The van der Waals surface area contributed by atoms with Crippen molar-refractivity contribution in [1.29, 1.82) is 0 Å². The summed E-state index contributed by atoms with van der Waals surface area (Å²) in [7, 11) is 0. The van der Waals surface area contributed by atoms with Crippen LogP contribution in [0.4, 0.5) is 16.3 Å². The number of pyridine rings is 1. The highest BCUT2D eigenvalue weighted by Gasteiger charge is 2.55. The molecule has 1 aromatic heterocycles. The van der Waals surface area contributed by atoms with Crippen LogP contribution in [0.1, 0.15) is 12.5 Å². The van der Waals surface area contributed by atoms with Gasteiger partial charge in [0.25, 0.3) is 0 Å². The maximum absolute atomic E-state index is 12.6. The molecule has 0 saturated carbocycles. The van der Waals surface area contributed by atoms with Gasteiger partial charge in [-0.15, -0.1) is 0 Å². The van der Waals surface area contributed by atoms with Crippen LogP contribution in [0.25, 0.3) is 0 Å². The molecule has 8 nitrogen and oxygen atoms in total. The molecule has 1 fully saturated rings. The summed E-state index contributed by atoms with van der Waals surface area (Å²) < 4.78 is 5.07. The van der Waals surface area contributed by atoms with E-state index in [1.165, 1.54) is 6.20 Å². The Hall–Kier alpha value is -3.42. The molecular formula is C19H20N4O4. The van der Waals surface area contributed by atoms with E-state index in [-0.39, 0.29) is 13.0 Å². The van der Waals surface area contributed by atoms with Crippen LogP contribution in [-0.2, 0) is 20.7 Å². The van der Waals surface area contributed by atoms with Crippen LogP contribution in [-0.4, -0.2) is 40.4 Å². The first-order valence-electron chi connectivity index (χ1n) is 8.57. The zero-order valence-corrected chi connectivity index (χ0v) is 14.8. The lowest BCUT2D eigenvalue weighted by molar-refractivity contribution is -0.168. The number of carbonyl (C=O) groups is 3. The Bertz CT molecular complexity index is 856. The summed E-state index contributed by atoms with van der Waals surface area (Å²) in [6, 6.07) is 10.4. The standard InChI is InChI=1S/C19H20N4O4/c1-2-27-18(25)16-14(10-12-8-9-21-15(20)11-12)17(24)23(16)19(26)22-13-6-4-3-5-7-13/h3-9,11,14,16H,2,10H2,1H3,(H2,20,21)(H,22,26)/t14-,16+/m1/s1. The molecule has 2 atom stereocenters. The number of hydrogen-bond donors (Lipinski definition) is 2. The number of likely N-dealkylation sites (tertiary alicyclic amines) is 1. The fourth-order valence-corrected chi connectivity index (χ4v) is 3.05. The van der Waals surface area contributed by atoms with Gasteiger partial charge in [-0.1, -0.05) is 18.2 Å². The van der Waals surface area contributed by atoms with E-state index in [0.29, 0.717) is 11.5 Å². The molecular weight excluding hydrogens is 348 g/mol. The van der Waals surface area contributed by atoms with E-state index >= 15 is 0 Å². The number of aromatic nitrogens is 1. The Balaban J connectivity index is 1.78. The monoisotopic (exact) mass is 368 g/mol. The van der Waals surface area contributed by atoms with Gasteiger partial charge in [0.15, 0.2) is 6.04 Å². The number of imide groups is 1. The number of ether oxygens (including phenoxy) is 1. The highest BCUT2D eigenvalue weighted by molar-refractivity contribution is 6.11. The van der Waals surface area contributed by atoms with Crippen molar-refractivity contribution in [1.82, 2.24) is 9.88 Å². The second-order valence-electron chi connectivity index (χ2n) is 6.10. The molecule has 3 rings (SSSR count). The number of amides is 3. The Morgan fingerprint density at radius 2 is 2.00 bits per heavy atom. The third kappa shape index (κ3) is 3.89. The summed E-state index contributed by atoms with van der Waals surface area (Å²) >= 11 is 0. The second-order valence-corrected chi connectivity index (χ2v) is 6.10. The third-order valence-corrected chi connectivity index (χ3v) is 4.29. The number of carbonyl (C=O) groups excluding carboxylic acids is 3. The highest BCUT2D eigenvalue weighted by atomic mass is 16.5. The number of benzene rings is 1. The van der Waals surface area contributed by atoms with Gasteiger partial charge >= 0.3 is 12.0 Å². The average Bonchev–Trinajstić information content (AvgIpc) is 2.64. The minimum absolute atomic E-state index is 0.159. The Labute approximate surface area is 156 Å². The van der Waals surface area contributed by atoms with Gasteiger partial charge in [0.05, 0.1) is 12.5 Å². The number of rotatable bonds is 5. The van der Waals surface area contributed by atoms with Gasteiger partial charge in [-0.05, 0) is 43.2 Å². The van der Waals surface area contributed by atoms with E-state index in [2.05, 4.69) is 10.3 Å². The van der Waals surface area contributed by atoms with E-state index < -0.39 is 29.9 Å². The number of nitrogen functional groups attached to an aromatic ring is 1. The first-order valence-corrected chi connectivity index (χ1v) is 8.57. The summed E-state index contributed by atoms with van der Waals surface area (Å²) in [5.41, 5.74) is 6.96. The Morgan fingerprint density at radius 3 is 2.67 bits per heavy atom. The van der Waals surface area contributed by atoms with Crippen molar-refractivity contribution in [2.24, 2.45) is 5.92 Å². The molecule has 8 heteroatoms. The summed E-state index contributed by atoms with van der Waals surface area (Å²) in [5.74, 6) is -1.40. The van der Waals surface area contributed by atoms with Crippen LogP contribution in [0.15, 0.2) is 48.7 Å². The third-order valence-electron chi connectivity index (χ3n) is 4.29. The molecule has 0 unspecified atom stereocenters. The van der Waals surface area contributed by atoms with Crippen molar-refractivity contribution in [3.05, 3.63) is 54.2 Å². The van der Waals surface area contributed by atoms with Gasteiger partial charge in [-0.2, -0.15) is 0 Å². The Kier molecular flexibility index (Phi) is 5.35. The zero-order chi connectivity index (χ0) is 19.4. The molecule has 0 spiro atoms. The zero-order valence-electron chi connectivity index (χ0n) is 14.8. The predicted molar refractivity (Wildman–Crippen MR) is 98.6 cm³/mol. The molecule has 1 saturated heterocycles. The molecule has 3 amide bonds. The van der Waals surface area contributed by atoms with Crippen LogP contribution < -0.4 is 11.1 Å². The first kappa shape index (κ1) is 18.4. The fourth-order valence-electron chi connectivity index (χ4n) is 3.05. The molecule has 27 heavy (non-hydrogen) atoms. The van der Waals surface area contributed by atoms with Gasteiger partial charge in [0.2, 0.25) is 5.91 Å². The Morgan fingerprint density at radius 1 is 1.26 bits per heavy atom. The largest absolute Gasteiger partial charge is 0.464 e. The van der Waals surface area contributed by atoms with E-state index in [1.54, 1.807) is 43.3 Å². The van der Waals surface area contributed by atoms with Gasteiger partial charge in [-0.25, -0.2) is 19.5 Å². The molecule has 1 aromatic carbocycles. The summed E-state index contributed by atoms with van der Waals surface area (Å²) in [6.45, 7) is 1.83. The normalized spacial score (nSPS) is 18.6. The molecule has 1 aliphatic heterocycles. The van der Waals surface area contributed by atoms with E-state index in [0.717, 1.165) is 10.5 Å². The molecule has 140 valence electrons. The minimum Gasteiger partial charge on any atom is -0.464 e. The summed E-state index contributed by atoms with van der Waals surface area (Å²) in [5, 5.41) is 2.62. The maximum atomic E-state index is 12.6. The quantitative estimate of drug-likeness (QED) is 0.615. The fraction of sp³-hybridized carbons (Fsp3) is 0.263. The molecule has 3 N–H and O–H groups in total.